The van der Waals surface area contributed by atoms with E-state index in [4.69, 9.17) is 4.98 Å². The van der Waals surface area contributed by atoms with Gasteiger partial charge in [-0.2, -0.15) is 4.98 Å². The van der Waals surface area contributed by atoms with Crippen molar-refractivity contribution in [2.45, 2.75) is 52.0 Å². The zero-order valence-electron chi connectivity index (χ0n) is 13.1. The van der Waals surface area contributed by atoms with Gasteiger partial charge in [0.1, 0.15) is 10.6 Å². The second-order valence-electron chi connectivity index (χ2n) is 5.63. The van der Waals surface area contributed by atoms with Crippen LogP contribution in [0, 0.1) is 0 Å². The van der Waals surface area contributed by atoms with E-state index in [9.17, 15) is 0 Å². The minimum Gasteiger partial charge on any atom is -0.357 e. The van der Waals surface area contributed by atoms with Crippen LogP contribution in [0.15, 0.2) is 6.07 Å². The van der Waals surface area contributed by atoms with Crippen molar-refractivity contribution in [2.24, 2.45) is 0 Å². The molecule has 0 amide bonds. The van der Waals surface area contributed by atoms with Gasteiger partial charge in [-0.15, -0.1) is 11.3 Å². The number of anilines is 2. The van der Waals surface area contributed by atoms with Gasteiger partial charge < -0.3 is 10.2 Å². The highest BCUT2D eigenvalue weighted by atomic mass is 32.1. The lowest BCUT2D eigenvalue weighted by Crippen LogP contribution is -2.34. The summed E-state index contributed by atoms with van der Waals surface area (Å²) in [7, 11) is 1.89. The molecule has 2 aromatic rings. The molecule has 0 aliphatic heterocycles. The van der Waals surface area contributed by atoms with Crippen LogP contribution >= 0.6 is 11.3 Å². The predicted octanol–water partition coefficient (Wildman–Crippen LogP) is 4.06. The summed E-state index contributed by atoms with van der Waals surface area (Å²) in [5, 5.41) is 4.34. The molecular weight excluding hydrogens is 280 g/mol. The summed E-state index contributed by atoms with van der Waals surface area (Å²) < 4.78 is 0. The van der Waals surface area contributed by atoms with Crippen LogP contribution in [0.25, 0.3) is 10.2 Å². The summed E-state index contributed by atoms with van der Waals surface area (Å²) in [6.07, 6.45) is 6.33. The van der Waals surface area contributed by atoms with E-state index in [2.05, 4.69) is 35.1 Å². The van der Waals surface area contributed by atoms with Gasteiger partial charge in [-0.05, 0) is 32.3 Å². The molecular formula is C16H24N4S. The fraction of sp³-hybridized carbons (Fsp3) is 0.625. The molecule has 2 heterocycles. The maximum Gasteiger partial charge on any atom is 0.225 e. The second kappa shape index (κ2) is 6.18. The van der Waals surface area contributed by atoms with Crippen LogP contribution in [0.4, 0.5) is 11.8 Å². The Kier molecular flexibility index (Phi) is 4.29. The Morgan fingerprint density at radius 2 is 2.05 bits per heavy atom. The van der Waals surface area contributed by atoms with Crippen LogP contribution < -0.4 is 10.2 Å². The summed E-state index contributed by atoms with van der Waals surface area (Å²) in [4.78, 5) is 14.4. The van der Waals surface area contributed by atoms with Crippen LogP contribution in [-0.2, 0) is 6.42 Å². The molecule has 0 saturated heterocycles. The summed E-state index contributed by atoms with van der Waals surface area (Å²) in [5.74, 6) is 1.85. The fourth-order valence-electron chi connectivity index (χ4n) is 3.26. The monoisotopic (exact) mass is 304 g/mol. The summed E-state index contributed by atoms with van der Waals surface area (Å²) in [6, 6.07) is 2.93. The van der Waals surface area contributed by atoms with E-state index in [1.54, 1.807) is 11.3 Å². The molecule has 4 nitrogen and oxygen atoms in total. The van der Waals surface area contributed by atoms with E-state index in [1.807, 2.05) is 7.05 Å². The number of fused-ring (bicyclic) bond motifs is 1. The van der Waals surface area contributed by atoms with Crippen LogP contribution in [0.1, 0.15) is 44.4 Å². The van der Waals surface area contributed by atoms with Gasteiger partial charge in [0.2, 0.25) is 5.95 Å². The largest absolute Gasteiger partial charge is 0.357 e. The average Bonchev–Trinajstić information content (AvgIpc) is 3.16. The molecule has 3 rings (SSSR count). The third kappa shape index (κ3) is 2.71. The first-order chi connectivity index (χ1) is 10.3. The number of thiophene rings is 1. The summed E-state index contributed by atoms with van der Waals surface area (Å²) in [6.45, 7) is 5.45. The number of aromatic nitrogens is 2. The van der Waals surface area contributed by atoms with Gasteiger partial charge in [0.15, 0.2) is 0 Å². The van der Waals surface area contributed by atoms with E-state index >= 15 is 0 Å². The average molecular weight is 304 g/mol. The number of nitrogens with zero attached hydrogens (tertiary/aromatic N) is 3. The number of nitrogens with one attached hydrogen (secondary N) is 1. The first-order valence-electron chi connectivity index (χ1n) is 8.01. The van der Waals surface area contributed by atoms with E-state index in [0.29, 0.717) is 6.04 Å². The first-order valence-corrected chi connectivity index (χ1v) is 8.83. The Hall–Kier alpha value is -1.36. The van der Waals surface area contributed by atoms with Gasteiger partial charge in [-0.3, -0.25) is 0 Å². The predicted molar refractivity (Wildman–Crippen MR) is 91.6 cm³/mol. The molecule has 0 unspecified atom stereocenters. The Bertz CT molecular complexity index is 616. The van der Waals surface area contributed by atoms with Crippen molar-refractivity contribution in [1.29, 1.82) is 0 Å². The Morgan fingerprint density at radius 1 is 1.29 bits per heavy atom. The van der Waals surface area contributed by atoms with Crippen molar-refractivity contribution in [1.82, 2.24) is 9.97 Å². The first kappa shape index (κ1) is 14.6. The Balaban J connectivity index is 2.11. The van der Waals surface area contributed by atoms with Crippen LogP contribution in [0.3, 0.4) is 0 Å². The number of hydrogen-bond donors (Lipinski definition) is 1. The molecule has 0 bridgehead atoms. The van der Waals surface area contributed by atoms with Crippen LogP contribution in [-0.4, -0.2) is 29.6 Å². The lowest BCUT2D eigenvalue weighted by atomic mass is 10.2. The molecule has 0 aromatic carbocycles. The zero-order valence-corrected chi connectivity index (χ0v) is 14.0. The molecule has 2 aromatic heterocycles. The minimum absolute atomic E-state index is 0.641. The Labute approximate surface area is 130 Å². The third-order valence-electron chi connectivity index (χ3n) is 4.37. The number of hydrogen-bond acceptors (Lipinski definition) is 5. The smallest absolute Gasteiger partial charge is 0.225 e. The van der Waals surface area contributed by atoms with Gasteiger partial charge in [0, 0.05) is 24.5 Å². The van der Waals surface area contributed by atoms with Crippen molar-refractivity contribution in [2.75, 3.05) is 23.8 Å². The second-order valence-corrected chi connectivity index (χ2v) is 6.75. The highest BCUT2D eigenvalue weighted by Crippen LogP contribution is 2.35. The van der Waals surface area contributed by atoms with E-state index in [-0.39, 0.29) is 0 Å². The number of aryl methyl sites for hydroxylation is 1. The van der Waals surface area contributed by atoms with Gasteiger partial charge >= 0.3 is 0 Å². The Morgan fingerprint density at radius 3 is 2.67 bits per heavy atom. The molecule has 21 heavy (non-hydrogen) atoms. The van der Waals surface area contributed by atoms with E-state index in [1.165, 1.54) is 35.9 Å². The van der Waals surface area contributed by atoms with Gasteiger partial charge in [0.25, 0.3) is 0 Å². The molecule has 1 aliphatic carbocycles. The van der Waals surface area contributed by atoms with Gasteiger partial charge in [-0.25, -0.2) is 4.98 Å². The third-order valence-corrected chi connectivity index (χ3v) is 5.55. The maximum absolute atomic E-state index is 4.79. The van der Waals surface area contributed by atoms with Crippen molar-refractivity contribution in [3.05, 3.63) is 10.9 Å². The minimum atomic E-state index is 0.641. The molecule has 5 heteroatoms. The molecule has 0 atom stereocenters. The molecule has 1 fully saturated rings. The lowest BCUT2D eigenvalue weighted by Gasteiger charge is -2.29. The highest BCUT2D eigenvalue weighted by molar-refractivity contribution is 7.18. The van der Waals surface area contributed by atoms with Crippen molar-refractivity contribution >= 4 is 33.3 Å². The molecule has 1 aliphatic rings. The van der Waals surface area contributed by atoms with Crippen molar-refractivity contribution in [3.8, 4) is 0 Å². The van der Waals surface area contributed by atoms with Gasteiger partial charge in [0.05, 0.1) is 5.39 Å². The highest BCUT2D eigenvalue weighted by Gasteiger charge is 2.25. The topological polar surface area (TPSA) is 41.1 Å². The summed E-state index contributed by atoms with van der Waals surface area (Å²) >= 11 is 1.79. The van der Waals surface area contributed by atoms with Crippen molar-refractivity contribution in [3.63, 3.8) is 0 Å². The van der Waals surface area contributed by atoms with Crippen LogP contribution in [0.5, 0.6) is 0 Å². The molecule has 1 saturated carbocycles. The molecule has 0 radical (unpaired) electrons. The zero-order chi connectivity index (χ0) is 14.8. The maximum atomic E-state index is 4.79. The van der Waals surface area contributed by atoms with E-state index < -0.39 is 0 Å². The molecule has 114 valence electrons. The van der Waals surface area contributed by atoms with E-state index in [0.717, 1.165) is 29.6 Å². The fourth-order valence-corrected chi connectivity index (χ4v) is 4.22. The molecule has 0 spiro atoms. The number of rotatable bonds is 5. The van der Waals surface area contributed by atoms with Crippen LogP contribution in [0.2, 0.25) is 0 Å². The lowest BCUT2D eigenvalue weighted by molar-refractivity contribution is 0.615. The standard InChI is InChI=1S/C16H24N4S/c1-4-12-10-13-14(18-16(17-3)19-15(13)21-12)20(5-2)11-8-6-7-9-11/h10-11H,4-9H2,1-3H3,(H,17,18,19). The SMILES string of the molecule is CCc1cc2c(N(CC)C3CCCC3)nc(NC)nc2s1. The van der Waals surface area contributed by atoms with Crippen molar-refractivity contribution < 1.29 is 0 Å². The quantitative estimate of drug-likeness (QED) is 0.904. The summed E-state index contributed by atoms with van der Waals surface area (Å²) in [5.41, 5.74) is 0. The molecule has 1 N–H and O–H groups in total. The van der Waals surface area contributed by atoms with Gasteiger partial charge in [-0.1, -0.05) is 19.8 Å². The normalized spacial score (nSPS) is 15.8.